The van der Waals surface area contributed by atoms with Crippen LogP contribution in [0.4, 0.5) is 0 Å². The molecule has 0 spiro atoms. The quantitative estimate of drug-likeness (QED) is 0.744. The van der Waals surface area contributed by atoms with Crippen molar-refractivity contribution in [3.63, 3.8) is 0 Å². The van der Waals surface area contributed by atoms with Crippen LogP contribution in [0.2, 0.25) is 0 Å². The van der Waals surface area contributed by atoms with Crippen LogP contribution in [0.3, 0.4) is 0 Å². The first kappa shape index (κ1) is 20.8. The first-order chi connectivity index (χ1) is 13.5. The van der Waals surface area contributed by atoms with Crippen LogP contribution < -0.4 is 10.6 Å². The van der Waals surface area contributed by atoms with Crippen molar-refractivity contribution in [1.82, 2.24) is 9.97 Å². The Morgan fingerprint density at radius 1 is 0.964 bits per heavy atom. The lowest BCUT2D eigenvalue weighted by atomic mass is 10.1. The summed E-state index contributed by atoms with van der Waals surface area (Å²) in [6.07, 6.45) is 13.2. The summed E-state index contributed by atoms with van der Waals surface area (Å²) < 4.78 is 5.76. The Bertz CT molecular complexity index is 1030. The third kappa shape index (κ3) is 6.65. The summed E-state index contributed by atoms with van der Waals surface area (Å²) in [5.41, 5.74) is 2.08. The second-order valence-electron chi connectivity index (χ2n) is 6.12. The van der Waals surface area contributed by atoms with Crippen LogP contribution in [-0.2, 0) is 4.74 Å². The third-order valence-electron chi connectivity index (χ3n) is 3.77. The van der Waals surface area contributed by atoms with E-state index < -0.39 is 0 Å². The van der Waals surface area contributed by atoms with E-state index in [1.54, 1.807) is 6.07 Å². The fraction of sp³-hybridized carbons (Fsp3) is 0.125. The molecule has 0 amide bonds. The molecular formula is C24H25N3O. The van der Waals surface area contributed by atoms with Gasteiger partial charge in [0.1, 0.15) is 12.1 Å². The van der Waals surface area contributed by atoms with Gasteiger partial charge >= 0.3 is 0 Å². The zero-order valence-corrected chi connectivity index (χ0v) is 16.3. The molecule has 1 aromatic rings. The molecule has 0 fully saturated rings. The molecule has 4 nitrogen and oxygen atoms in total. The van der Waals surface area contributed by atoms with Gasteiger partial charge < -0.3 is 4.74 Å². The molecule has 1 aromatic heterocycles. The number of hydrogen-bond acceptors (Lipinski definition) is 4. The Labute approximate surface area is 166 Å². The van der Waals surface area contributed by atoms with Gasteiger partial charge in [-0.05, 0) is 49.8 Å². The van der Waals surface area contributed by atoms with Crippen molar-refractivity contribution < 1.29 is 4.74 Å². The van der Waals surface area contributed by atoms with Gasteiger partial charge in [-0.15, -0.1) is 0 Å². The van der Waals surface area contributed by atoms with Crippen LogP contribution in [0, 0.1) is 0 Å². The minimum absolute atomic E-state index is 0.257. The van der Waals surface area contributed by atoms with Crippen LogP contribution >= 0.6 is 0 Å². The molecule has 142 valence electrons. The maximum Gasteiger partial charge on any atom is 0.212 e. The molecule has 0 atom stereocenters. The zero-order valence-electron chi connectivity index (χ0n) is 16.3. The average Bonchev–Trinajstić information content (AvgIpc) is 2.65. The van der Waals surface area contributed by atoms with Gasteiger partial charge in [-0.1, -0.05) is 56.2 Å². The molecule has 28 heavy (non-hydrogen) atoms. The number of nitrogens with zero attached hydrogens (tertiary/aromatic N) is 3. The number of rotatable bonds is 1. The number of hydrogen-bond donors (Lipinski definition) is 0. The topological polar surface area (TPSA) is 47.4 Å². The van der Waals surface area contributed by atoms with Crippen molar-refractivity contribution in [2.75, 3.05) is 0 Å². The van der Waals surface area contributed by atoms with Crippen molar-refractivity contribution in [3.8, 4) is 0 Å². The minimum Gasteiger partial charge on any atom is -0.440 e. The first-order valence-corrected chi connectivity index (χ1v) is 8.95. The fourth-order valence-corrected chi connectivity index (χ4v) is 2.41. The molecule has 2 rings (SSSR count). The van der Waals surface area contributed by atoms with E-state index in [2.05, 4.69) is 53.4 Å². The van der Waals surface area contributed by atoms with E-state index in [4.69, 9.17) is 4.74 Å². The molecular weight excluding hydrogens is 346 g/mol. The van der Waals surface area contributed by atoms with E-state index in [9.17, 15) is 0 Å². The highest BCUT2D eigenvalue weighted by Gasteiger charge is 2.10. The van der Waals surface area contributed by atoms with Gasteiger partial charge in [0.15, 0.2) is 0 Å². The van der Waals surface area contributed by atoms with Crippen LogP contribution in [0.1, 0.15) is 25.5 Å². The van der Waals surface area contributed by atoms with Crippen molar-refractivity contribution in [1.29, 1.82) is 0 Å². The molecule has 0 radical (unpaired) electrons. The maximum atomic E-state index is 5.76. The van der Waals surface area contributed by atoms with Crippen LogP contribution in [0.25, 0.3) is 18.7 Å². The lowest BCUT2D eigenvalue weighted by Gasteiger charge is -2.11. The summed E-state index contributed by atoms with van der Waals surface area (Å²) >= 11 is 0. The molecule has 0 N–H and O–H groups in total. The summed E-state index contributed by atoms with van der Waals surface area (Å²) in [6.45, 7) is 17.8. The summed E-state index contributed by atoms with van der Waals surface area (Å²) in [5.74, 6) is 0.635. The minimum atomic E-state index is 0.257. The second kappa shape index (κ2) is 10.6. The largest absolute Gasteiger partial charge is 0.440 e. The highest BCUT2D eigenvalue weighted by atomic mass is 16.5. The summed E-state index contributed by atoms with van der Waals surface area (Å²) in [6, 6.07) is 7.37. The molecule has 1 aliphatic rings. The SMILES string of the molecule is C=C1N=C(C)/C=C\CC/C=C\C=C(\c2ncnc(=C)ccccc2=C)C(=C)O1. The normalized spacial score (nSPS) is 19.3. The van der Waals surface area contributed by atoms with Crippen molar-refractivity contribution >= 4 is 24.4 Å². The molecule has 4 heteroatoms. The molecule has 0 saturated carbocycles. The fourth-order valence-electron chi connectivity index (χ4n) is 2.41. The van der Waals surface area contributed by atoms with E-state index in [1.165, 1.54) is 6.33 Å². The molecule has 0 bridgehead atoms. The zero-order chi connectivity index (χ0) is 20.4. The number of aromatic nitrogens is 2. The smallest absolute Gasteiger partial charge is 0.212 e. The Kier molecular flexibility index (Phi) is 7.85. The van der Waals surface area contributed by atoms with Crippen molar-refractivity contribution in [3.05, 3.63) is 102 Å². The van der Waals surface area contributed by atoms with Gasteiger partial charge in [-0.3, -0.25) is 0 Å². The predicted octanol–water partition coefficient (Wildman–Crippen LogP) is 4.17. The van der Waals surface area contributed by atoms with Crippen molar-refractivity contribution in [2.24, 2.45) is 4.99 Å². The highest BCUT2D eigenvalue weighted by Crippen LogP contribution is 2.21. The van der Waals surface area contributed by atoms with Gasteiger partial charge in [0.25, 0.3) is 0 Å². The van der Waals surface area contributed by atoms with Crippen LogP contribution in [0.15, 0.2) is 90.8 Å². The van der Waals surface area contributed by atoms with E-state index in [1.807, 2.05) is 43.4 Å². The van der Waals surface area contributed by atoms with Gasteiger partial charge in [0.2, 0.25) is 5.88 Å². The summed E-state index contributed by atoms with van der Waals surface area (Å²) in [4.78, 5) is 13.0. The van der Waals surface area contributed by atoms with E-state index in [0.717, 1.165) is 18.6 Å². The van der Waals surface area contributed by atoms with Crippen molar-refractivity contribution in [2.45, 2.75) is 19.8 Å². The Morgan fingerprint density at radius 3 is 2.54 bits per heavy atom. The lowest BCUT2D eigenvalue weighted by molar-refractivity contribution is 0.325. The van der Waals surface area contributed by atoms with E-state index in [0.29, 0.717) is 27.6 Å². The number of allylic oxidation sites excluding steroid dienone is 6. The third-order valence-corrected chi connectivity index (χ3v) is 3.77. The average molecular weight is 371 g/mol. The molecule has 0 unspecified atom stereocenters. The van der Waals surface area contributed by atoms with Crippen LogP contribution in [0.5, 0.6) is 0 Å². The molecule has 2 heterocycles. The van der Waals surface area contributed by atoms with Gasteiger partial charge in [0.05, 0.1) is 11.0 Å². The number of aliphatic imine (C=N–C) groups is 1. The Hall–Kier alpha value is -3.53. The van der Waals surface area contributed by atoms with Crippen LogP contribution in [-0.4, -0.2) is 15.7 Å². The van der Waals surface area contributed by atoms with E-state index in [-0.39, 0.29) is 5.88 Å². The first-order valence-electron chi connectivity index (χ1n) is 8.95. The molecule has 1 aliphatic heterocycles. The standard InChI is InChI=1S/C24H25N3O/c1-18-13-11-12-14-19(2)25-17-26-24(18)23-16-10-8-6-7-9-15-20(3)27-22(5)28-21(23)4/h8-17H,1-2,4-7H2,3H3/b10-8-,13-11?,14-12?,15-9-,23-16+,25-17?,26-24?,27-20?. The Balaban J connectivity index is 2.59. The second-order valence-corrected chi connectivity index (χ2v) is 6.12. The monoisotopic (exact) mass is 371 g/mol. The highest BCUT2D eigenvalue weighted by molar-refractivity contribution is 5.93. The van der Waals surface area contributed by atoms with E-state index >= 15 is 0 Å². The Morgan fingerprint density at radius 2 is 1.71 bits per heavy atom. The summed E-state index contributed by atoms with van der Waals surface area (Å²) in [7, 11) is 0. The maximum absolute atomic E-state index is 5.76. The molecule has 0 aromatic carbocycles. The summed E-state index contributed by atoms with van der Waals surface area (Å²) in [5, 5.41) is 1.30. The predicted molar refractivity (Wildman–Crippen MR) is 118 cm³/mol. The molecule has 0 aliphatic carbocycles. The number of ether oxygens (including phenoxy) is 1. The molecule has 0 saturated heterocycles. The van der Waals surface area contributed by atoms with Gasteiger partial charge in [-0.25, -0.2) is 15.0 Å². The lowest BCUT2D eigenvalue weighted by Crippen LogP contribution is -2.10. The van der Waals surface area contributed by atoms with Gasteiger partial charge in [0, 0.05) is 11.3 Å². The van der Waals surface area contributed by atoms with Gasteiger partial charge in [-0.2, -0.15) is 0 Å².